The Bertz CT molecular complexity index is 1120. The number of hydrogen-bond acceptors (Lipinski definition) is 4. The summed E-state index contributed by atoms with van der Waals surface area (Å²) < 4.78 is 10.3. The Morgan fingerprint density at radius 1 is 1.23 bits per heavy atom. The van der Waals surface area contributed by atoms with Gasteiger partial charge in [-0.15, -0.1) is 0 Å². The number of imidazole rings is 1. The molecule has 2 amide bonds. The second kappa shape index (κ2) is 6.98. The Labute approximate surface area is 174 Å². The summed E-state index contributed by atoms with van der Waals surface area (Å²) in [5.74, 6) is 0.742. The highest BCUT2D eigenvalue weighted by atomic mass is 16.5. The maximum Gasteiger partial charge on any atom is 0.256 e. The maximum absolute atomic E-state index is 13.3. The summed E-state index contributed by atoms with van der Waals surface area (Å²) in [4.78, 5) is 32.0. The van der Waals surface area contributed by atoms with Crippen molar-refractivity contribution in [3.05, 3.63) is 54.2 Å². The lowest BCUT2D eigenvalue weighted by Crippen LogP contribution is -2.54. The molecule has 8 heteroatoms. The van der Waals surface area contributed by atoms with Crippen molar-refractivity contribution in [2.24, 2.45) is 7.05 Å². The number of benzene rings is 1. The van der Waals surface area contributed by atoms with Gasteiger partial charge in [0.25, 0.3) is 11.8 Å². The summed E-state index contributed by atoms with van der Waals surface area (Å²) in [6.45, 7) is 1.56. The van der Waals surface area contributed by atoms with Crippen LogP contribution in [0.25, 0.3) is 10.9 Å². The van der Waals surface area contributed by atoms with Crippen LogP contribution in [0.2, 0.25) is 0 Å². The number of carbonyl (C=O) groups is 2. The van der Waals surface area contributed by atoms with Gasteiger partial charge < -0.3 is 24.1 Å². The number of rotatable bonds is 2. The molecular weight excluding hydrogens is 382 g/mol. The molecule has 0 aliphatic carbocycles. The first-order valence-electron chi connectivity index (χ1n) is 10.3. The van der Waals surface area contributed by atoms with Crippen LogP contribution in [0.5, 0.6) is 0 Å². The second-order valence-corrected chi connectivity index (χ2v) is 8.08. The number of aryl methyl sites for hydroxylation is 1. The third-order valence-electron chi connectivity index (χ3n) is 6.38. The van der Waals surface area contributed by atoms with E-state index in [4.69, 9.17) is 4.74 Å². The van der Waals surface area contributed by atoms with Crippen LogP contribution in [0.3, 0.4) is 0 Å². The first-order valence-corrected chi connectivity index (χ1v) is 10.3. The van der Waals surface area contributed by atoms with Crippen molar-refractivity contribution < 1.29 is 14.3 Å². The number of likely N-dealkylation sites (N-methyl/N-ethyl adjacent to an activating group) is 1. The van der Waals surface area contributed by atoms with Crippen molar-refractivity contribution in [2.45, 2.75) is 31.1 Å². The number of hydrogen-bond donors (Lipinski definition) is 1. The Kier molecular flexibility index (Phi) is 4.39. The van der Waals surface area contributed by atoms with Gasteiger partial charge in [0.05, 0.1) is 12.1 Å². The number of aromatic nitrogens is 3. The largest absolute Gasteiger partial charge is 0.357 e. The fourth-order valence-electron chi connectivity index (χ4n) is 4.79. The number of ether oxygens (including phenoxy) is 1. The Balaban J connectivity index is 1.39. The molecule has 0 saturated carbocycles. The van der Waals surface area contributed by atoms with Gasteiger partial charge in [-0.3, -0.25) is 9.59 Å². The molecule has 0 unspecified atom stereocenters. The number of carbonyl (C=O) groups excluding carboxylic acids is 2. The standard InChI is InChI=1S/C22H25N5O3/c1-23-19(28)18-14-27-12-9-24-21(27)22(30-18)7-10-26(11-8-22)20(29)16-13-25(2)17-6-4-3-5-15(16)17/h3-6,9,12-13,18H,7-8,10-11,14H2,1-2H3,(H,23,28)/t18-/m0/s1. The van der Waals surface area contributed by atoms with Gasteiger partial charge >= 0.3 is 0 Å². The van der Waals surface area contributed by atoms with Gasteiger partial charge in [0.2, 0.25) is 0 Å². The first kappa shape index (κ1) is 18.9. The van der Waals surface area contributed by atoms with Crippen LogP contribution in [0.4, 0.5) is 0 Å². The SMILES string of the molecule is CNC(=O)[C@@H]1Cn2ccnc2C2(CCN(C(=O)c3cn(C)c4ccccc34)CC2)O1. The van der Waals surface area contributed by atoms with Crippen molar-refractivity contribution in [2.75, 3.05) is 20.1 Å². The zero-order chi connectivity index (χ0) is 20.9. The molecule has 2 aromatic heterocycles. The highest BCUT2D eigenvalue weighted by Gasteiger charge is 2.47. The molecule has 4 heterocycles. The minimum absolute atomic E-state index is 0.0312. The lowest BCUT2D eigenvalue weighted by molar-refractivity contribution is -0.171. The molecular formula is C22H25N5O3. The zero-order valence-corrected chi connectivity index (χ0v) is 17.2. The van der Waals surface area contributed by atoms with E-state index in [1.54, 1.807) is 13.2 Å². The minimum atomic E-state index is -0.644. The Hall–Kier alpha value is -3.13. The van der Waals surface area contributed by atoms with Crippen LogP contribution >= 0.6 is 0 Å². The van der Waals surface area contributed by atoms with Crippen LogP contribution in [0.1, 0.15) is 29.0 Å². The van der Waals surface area contributed by atoms with Gasteiger partial charge in [-0.2, -0.15) is 0 Å². The number of piperidine rings is 1. The van der Waals surface area contributed by atoms with Crippen molar-refractivity contribution in [1.82, 2.24) is 24.3 Å². The van der Waals surface area contributed by atoms with Crippen LogP contribution in [-0.2, 0) is 28.7 Å². The number of nitrogens with one attached hydrogen (secondary N) is 1. The smallest absolute Gasteiger partial charge is 0.256 e. The molecule has 1 aromatic carbocycles. The van der Waals surface area contributed by atoms with E-state index >= 15 is 0 Å². The van der Waals surface area contributed by atoms with Crippen LogP contribution in [0.15, 0.2) is 42.9 Å². The molecule has 1 atom stereocenters. The predicted octanol–water partition coefficient (Wildman–Crippen LogP) is 1.65. The molecule has 30 heavy (non-hydrogen) atoms. The zero-order valence-electron chi connectivity index (χ0n) is 17.2. The van der Waals surface area contributed by atoms with E-state index in [1.165, 1.54) is 0 Å². The topological polar surface area (TPSA) is 81.4 Å². The van der Waals surface area contributed by atoms with Crippen LogP contribution in [0, 0.1) is 0 Å². The van der Waals surface area contributed by atoms with E-state index in [-0.39, 0.29) is 11.8 Å². The molecule has 3 aromatic rings. The third kappa shape index (κ3) is 2.82. The van der Waals surface area contributed by atoms with E-state index in [0.29, 0.717) is 32.5 Å². The van der Waals surface area contributed by atoms with E-state index < -0.39 is 11.7 Å². The third-order valence-corrected chi connectivity index (χ3v) is 6.38. The normalized spacial score (nSPS) is 20.3. The summed E-state index contributed by atoms with van der Waals surface area (Å²) in [6.07, 6.45) is 6.20. The molecule has 5 rings (SSSR count). The molecule has 156 valence electrons. The number of fused-ring (bicyclic) bond motifs is 3. The van der Waals surface area contributed by atoms with Crippen molar-refractivity contribution in [3.8, 4) is 0 Å². The molecule has 1 N–H and O–H groups in total. The maximum atomic E-state index is 13.3. The molecule has 2 aliphatic rings. The van der Waals surface area contributed by atoms with Gasteiger partial charge in [-0.25, -0.2) is 4.98 Å². The van der Waals surface area contributed by atoms with Crippen LogP contribution < -0.4 is 5.32 Å². The molecule has 2 aliphatic heterocycles. The Morgan fingerprint density at radius 2 is 2.00 bits per heavy atom. The van der Waals surface area contributed by atoms with Crippen LogP contribution in [-0.4, -0.2) is 57.1 Å². The van der Waals surface area contributed by atoms with E-state index in [0.717, 1.165) is 22.3 Å². The number of para-hydroxylation sites is 1. The average molecular weight is 407 g/mol. The molecule has 8 nitrogen and oxygen atoms in total. The van der Waals surface area contributed by atoms with Gasteiger partial charge in [0, 0.05) is 69.5 Å². The summed E-state index contributed by atoms with van der Waals surface area (Å²) in [6, 6.07) is 7.94. The molecule has 1 saturated heterocycles. The monoisotopic (exact) mass is 407 g/mol. The number of amides is 2. The predicted molar refractivity (Wildman–Crippen MR) is 111 cm³/mol. The first-order chi connectivity index (χ1) is 14.5. The highest BCUT2D eigenvalue weighted by Crippen LogP contribution is 2.40. The van der Waals surface area contributed by atoms with Crippen molar-refractivity contribution >= 4 is 22.7 Å². The molecule has 1 fully saturated rings. The highest BCUT2D eigenvalue weighted by molar-refractivity contribution is 6.07. The van der Waals surface area contributed by atoms with Gasteiger partial charge in [-0.05, 0) is 6.07 Å². The minimum Gasteiger partial charge on any atom is -0.357 e. The van der Waals surface area contributed by atoms with E-state index in [9.17, 15) is 9.59 Å². The number of nitrogens with zero attached hydrogens (tertiary/aromatic N) is 4. The van der Waals surface area contributed by atoms with Gasteiger partial charge in [0.1, 0.15) is 11.4 Å². The van der Waals surface area contributed by atoms with Crippen molar-refractivity contribution in [1.29, 1.82) is 0 Å². The lowest BCUT2D eigenvalue weighted by Gasteiger charge is -2.45. The Morgan fingerprint density at radius 3 is 2.77 bits per heavy atom. The van der Waals surface area contributed by atoms with E-state index in [1.807, 2.05) is 57.7 Å². The number of likely N-dealkylation sites (tertiary alicyclic amines) is 1. The van der Waals surface area contributed by atoms with Crippen molar-refractivity contribution in [3.63, 3.8) is 0 Å². The summed E-state index contributed by atoms with van der Waals surface area (Å²) in [5.41, 5.74) is 1.12. The second-order valence-electron chi connectivity index (χ2n) is 8.08. The van der Waals surface area contributed by atoms with Gasteiger partial charge in [0.15, 0.2) is 6.10 Å². The lowest BCUT2D eigenvalue weighted by atomic mass is 9.88. The summed E-state index contributed by atoms with van der Waals surface area (Å²) in [7, 11) is 3.58. The summed E-state index contributed by atoms with van der Waals surface area (Å²) >= 11 is 0. The summed E-state index contributed by atoms with van der Waals surface area (Å²) in [5, 5.41) is 3.65. The fraction of sp³-hybridized carbons (Fsp3) is 0.409. The quantitative estimate of drug-likeness (QED) is 0.701. The van der Waals surface area contributed by atoms with Gasteiger partial charge in [-0.1, -0.05) is 18.2 Å². The average Bonchev–Trinajstić information content (AvgIpc) is 3.39. The molecule has 0 radical (unpaired) electrons. The van der Waals surface area contributed by atoms with E-state index in [2.05, 4.69) is 10.3 Å². The molecule has 0 bridgehead atoms. The fourth-order valence-corrected chi connectivity index (χ4v) is 4.79. The molecule has 1 spiro atoms.